The summed E-state index contributed by atoms with van der Waals surface area (Å²) < 4.78 is 26.3. The minimum Gasteiger partial charge on any atom is -0.466 e. The third-order valence-electron chi connectivity index (χ3n) is 1.77. The Hall–Kier alpha value is -1.33. The highest BCUT2D eigenvalue weighted by molar-refractivity contribution is 8.13. The smallest absolute Gasteiger partial charge is 0.330 e. The van der Waals surface area contributed by atoms with Crippen LogP contribution in [0.25, 0.3) is 6.08 Å². The van der Waals surface area contributed by atoms with Gasteiger partial charge in [-0.25, -0.2) is 13.2 Å². The molecule has 0 unspecified atom stereocenters. The number of carbonyl (C=O) groups excluding carboxylic acids is 1. The van der Waals surface area contributed by atoms with E-state index >= 15 is 0 Å². The summed E-state index contributed by atoms with van der Waals surface area (Å²) in [4.78, 5) is 10.8. The summed E-state index contributed by atoms with van der Waals surface area (Å²) >= 11 is 0. The molecule has 0 fully saturated rings. The lowest BCUT2D eigenvalue weighted by atomic mass is 10.2. The molecule has 0 heterocycles. The van der Waals surface area contributed by atoms with Crippen LogP contribution in [0.4, 0.5) is 0 Å². The highest BCUT2D eigenvalue weighted by Crippen LogP contribution is 2.15. The zero-order chi connectivity index (χ0) is 12.2. The molecule has 0 bridgehead atoms. The number of esters is 1. The monoisotopic (exact) mass is 260 g/mol. The van der Waals surface area contributed by atoms with Crippen LogP contribution in [0.2, 0.25) is 0 Å². The summed E-state index contributed by atoms with van der Waals surface area (Å²) in [6.07, 6.45) is 2.75. The van der Waals surface area contributed by atoms with Crippen LogP contribution in [-0.2, 0) is 18.6 Å². The van der Waals surface area contributed by atoms with Gasteiger partial charge in [-0.15, -0.1) is 0 Å². The number of methoxy groups -OCH3 is 1. The molecule has 0 saturated heterocycles. The Morgan fingerprint density at radius 2 is 1.88 bits per heavy atom. The highest BCUT2D eigenvalue weighted by atomic mass is 35.7. The SMILES string of the molecule is COC(=O)C=Cc1ccc(S(=O)(=O)Cl)cc1. The third-order valence-corrected chi connectivity index (χ3v) is 3.14. The maximum absolute atomic E-state index is 10.9. The molecule has 0 radical (unpaired) electrons. The van der Waals surface area contributed by atoms with Crippen LogP contribution in [0.5, 0.6) is 0 Å². The van der Waals surface area contributed by atoms with E-state index in [9.17, 15) is 13.2 Å². The summed E-state index contributed by atoms with van der Waals surface area (Å²) in [6, 6.07) is 5.79. The first-order valence-electron chi connectivity index (χ1n) is 4.24. The Kier molecular flexibility index (Phi) is 4.09. The molecule has 0 aliphatic rings. The molecule has 0 N–H and O–H groups in total. The van der Waals surface area contributed by atoms with Gasteiger partial charge in [-0.3, -0.25) is 0 Å². The van der Waals surface area contributed by atoms with E-state index < -0.39 is 15.0 Å². The molecule has 0 aliphatic heterocycles. The lowest BCUT2D eigenvalue weighted by molar-refractivity contribution is -0.134. The second-order valence-corrected chi connectivity index (χ2v) is 5.43. The zero-order valence-corrected chi connectivity index (χ0v) is 9.96. The summed E-state index contributed by atoms with van der Waals surface area (Å²) in [5, 5.41) is 0. The fourth-order valence-electron chi connectivity index (χ4n) is 0.974. The van der Waals surface area contributed by atoms with Crippen molar-refractivity contribution in [3.05, 3.63) is 35.9 Å². The van der Waals surface area contributed by atoms with Crippen molar-refractivity contribution < 1.29 is 17.9 Å². The number of carbonyl (C=O) groups is 1. The van der Waals surface area contributed by atoms with Crippen molar-refractivity contribution in [3.8, 4) is 0 Å². The molecule has 86 valence electrons. The second kappa shape index (κ2) is 5.14. The molecule has 0 amide bonds. The van der Waals surface area contributed by atoms with Crippen molar-refractivity contribution in [3.63, 3.8) is 0 Å². The minimum atomic E-state index is -3.70. The van der Waals surface area contributed by atoms with Crippen LogP contribution >= 0.6 is 10.7 Å². The van der Waals surface area contributed by atoms with Crippen molar-refractivity contribution in [1.82, 2.24) is 0 Å². The predicted octanol–water partition coefficient (Wildman–Crippen LogP) is 1.80. The predicted molar refractivity (Wildman–Crippen MR) is 60.5 cm³/mol. The molecule has 0 spiro atoms. The van der Waals surface area contributed by atoms with E-state index in [1.807, 2.05) is 0 Å². The molecular weight excluding hydrogens is 252 g/mol. The summed E-state index contributed by atoms with van der Waals surface area (Å²) in [6.45, 7) is 0. The lowest BCUT2D eigenvalue weighted by Crippen LogP contribution is -1.93. The summed E-state index contributed by atoms with van der Waals surface area (Å²) in [7, 11) is 2.72. The standard InChI is InChI=1S/C10H9ClO4S/c1-15-10(12)7-4-8-2-5-9(6-3-8)16(11,13)14/h2-7H,1H3. The maximum atomic E-state index is 10.9. The molecule has 0 aliphatic carbocycles. The quantitative estimate of drug-likeness (QED) is 0.472. The minimum absolute atomic E-state index is 0.0179. The first-order valence-corrected chi connectivity index (χ1v) is 6.55. The molecule has 0 aromatic heterocycles. The van der Waals surface area contributed by atoms with Crippen LogP contribution in [0.3, 0.4) is 0 Å². The number of halogens is 1. The Bertz CT molecular complexity index is 502. The average molecular weight is 261 g/mol. The zero-order valence-electron chi connectivity index (χ0n) is 8.38. The van der Waals surface area contributed by atoms with Crippen LogP contribution in [0, 0.1) is 0 Å². The van der Waals surface area contributed by atoms with E-state index in [0.29, 0.717) is 5.56 Å². The molecule has 1 aromatic carbocycles. The molecule has 0 atom stereocenters. The molecule has 1 rings (SSSR count). The number of rotatable bonds is 3. The van der Waals surface area contributed by atoms with Gasteiger partial charge in [0, 0.05) is 16.8 Å². The van der Waals surface area contributed by atoms with Gasteiger partial charge in [-0.2, -0.15) is 0 Å². The third kappa shape index (κ3) is 3.67. The largest absolute Gasteiger partial charge is 0.466 e. The van der Waals surface area contributed by atoms with Crippen LogP contribution < -0.4 is 0 Å². The van der Waals surface area contributed by atoms with Crippen LogP contribution in [0.1, 0.15) is 5.56 Å². The van der Waals surface area contributed by atoms with Gasteiger partial charge in [0.2, 0.25) is 0 Å². The van der Waals surface area contributed by atoms with Gasteiger partial charge in [0.15, 0.2) is 0 Å². The van der Waals surface area contributed by atoms with Gasteiger partial charge in [0.05, 0.1) is 12.0 Å². The van der Waals surface area contributed by atoms with E-state index in [2.05, 4.69) is 4.74 Å². The Morgan fingerprint density at radius 1 is 1.31 bits per heavy atom. The van der Waals surface area contributed by atoms with E-state index in [1.165, 1.54) is 43.5 Å². The second-order valence-electron chi connectivity index (χ2n) is 2.86. The van der Waals surface area contributed by atoms with Gasteiger partial charge < -0.3 is 4.74 Å². The molecule has 16 heavy (non-hydrogen) atoms. The molecule has 0 saturated carbocycles. The first-order chi connectivity index (χ1) is 7.43. The van der Waals surface area contributed by atoms with Gasteiger partial charge in [0.1, 0.15) is 0 Å². The number of benzene rings is 1. The average Bonchev–Trinajstić information content (AvgIpc) is 2.25. The number of hydrogen-bond donors (Lipinski definition) is 0. The number of hydrogen-bond acceptors (Lipinski definition) is 4. The Balaban J connectivity index is 2.88. The van der Waals surface area contributed by atoms with Gasteiger partial charge >= 0.3 is 5.97 Å². The van der Waals surface area contributed by atoms with Crippen molar-refractivity contribution in [2.75, 3.05) is 7.11 Å². The fourth-order valence-corrected chi connectivity index (χ4v) is 1.74. The summed E-state index contributed by atoms with van der Waals surface area (Å²) in [5.41, 5.74) is 0.675. The topological polar surface area (TPSA) is 60.4 Å². The van der Waals surface area contributed by atoms with Gasteiger partial charge in [0.25, 0.3) is 9.05 Å². The Labute approximate surface area is 97.9 Å². The van der Waals surface area contributed by atoms with E-state index in [-0.39, 0.29) is 4.90 Å². The molecule has 1 aromatic rings. The highest BCUT2D eigenvalue weighted by Gasteiger charge is 2.08. The summed E-state index contributed by atoms with van der Waals surface area (Å²) in [5.74, 6) is -0.478. The van der Waals surface area contributed by atoms with E-state index in [0.717, 1.165) is 0 Å². The molecular formula is C10H9ClO4S. The fraction of sp³-hybridized carbons (Fsp3) is 0.100. The van der Waals surface area contributed by atoms with Crippen molar-refractivity contribution in [1.29, 1.82) is 0 Å². The van der Waals surface area contributed by atoms with Crippen LogP contribution in [0.15, 0.2) is 35.2 Å². The number of ether oxygens (including phenoxy) is 1. The maximum Gasteiger partial charge on any atom is 0.330 e. The van der Waals surface area contributed by atoms with Gasteiger partial charge in [-0.1, -0.05) is 12.1 Å². The van der Waals surface area contributed by atoms with Crippen molar-refractivity contribution >= 4 is 31.8 Å². The lowest BCUT2D eigenvalue weighted by Gasteiger charge is -1.96. The first kappa shape index (κ1) is 12.7. The van der Waals surface area contributed by atoms with Crippen molar-refractivity contribution in [2.45, 2.75) is 4.90 Å². The van der Waals surface area contributed by atoms with Gasteiger partial charge in [-0.05, 0) is 23.8 Å². The van der Waals surface area contributed by atoms with Crippen LogP contribution in [-0.4, -0.2) is 21.5 Å². The van der Waals surface area contributed by atoms with E-state index in [1.54, 1.807) is 0 Å². The molecule has 6 heteroatoms. The molecule has 4 nitrogen and oxygen atoms in total. The Morgan fingerprint density at radius 3 is 2.31 bits per heavy atom. The van der Waals surface area contributed by atoms with Crippen molar-refractivity contribution in [2.24, 2.45) is 0 Å². The normalized spacial score (nSPS) is 11.6. The van der Waals surface area contributed by atoms with E-state index in [4.69, 9.17) is 10.7 Å².